The fraction of sp³-hybridized carbons (Fsp3) is 0.333. The molecule has 0 bridgehead atoms. The molecule has 0 aliphatic carbocycles. The largest absolute Gasteiger partial charge is 0.486 e. The molecule has 0 aromatic heterocycles. The van der Waals surface area contributed by atoms with Gasteiger partial charge in [0.1, 0.15) is 12.7 Å². The first-order chi connectivity index (χ1) is 11.2. The Kier molecular flexibility index (Phi) is 5.31. The van der Waals surface area contributed by atoms with Crippen molar-refractivity contribution in [1.29, 1.82) is 0 Å². The van der Waals surface area contributed by atoms with E-state index in [9.17, 15) is 0 Å². The lowest BCUT2D eigenvalue weighted by molar-refractivity contribution is 0.0913. The first kappa shape index (κ1) is 16.4. The highest BCUT2D eigenvalue weighted by atomic mass is 35.5. The Labute approximate surface area is 146 Å². The zero-order valence-electron chi connectivity index (χ0n) is 12.9. The molecule has 122 valence electrons. The number of benzene rings is 2. The van der Waals surface area contributed by atoms with E-state index in [1.807, 2.05) is 30.3 Å². The Bertz CT molecular complexity index is 691. The molecular formula is C18H19Cl2NO2. The van der Waals surface area contributed by atoms with Crippen LogP contribution in [0.3, 0.4) is 0 Å². The molecule has 3 rings (SSSR count). The Hall–Kier alpha value is -1.42. The lowest BCUT2D eigenvalue weighted by Crippen LogP contribution is -2.38. The molecular weight excluding hydrogens is 333 g/mol. The number of rotatable bonds is 5. The summed E-state index contributed by atoms with van der Waals surface area (Å²) < 4.78 is 12.0. The van der Waals surface area contributed by atoms with E-state index in [4.69, 9.17) is 32.7 Å². The van der Waals surface area contributed by atoms with Crippen LogP contribution in [0.25, 0.3) is 11.1 Å². The van der Waals surface area contributed by atoms with Crippen LogP contribution in [0, 0.1) is 0 Å². The van der Waals surface area contributed by atoms with E-state index in [-0.39, 0.29) is 6.10 Å². The maximum Gasteiger partial charge on any atom is 0.169 e. The lowest BCUT2D eigenvalue weighted by Gasteiger charge is -2.28. The average Bonchev–Trinajstić information content (AvgIpc) is 2.57. The molecule has 23 heavy (non-hydrogen) atoms. The fourth-order valence-electron chi connectivity index (χ4n) is 2.60. The third-order valence-corrected chi connectivity index (χ3v) is 4.55. The molecule has 1 N–H and O–H groups in total. The van der Waals surface area contributed by atoms with Crippen molar-refractivity contribution < 1.29 is 9.47 Å². The topological polar surface area (TPSA) is 30.5 Å². The van der Waals surface area contributed by atoms with Gasteiger partial charge in [-0.3, -0.25) is 0 Å². The average molecular weight is 352 g/mol. The summed E-state index contributed by atoms with van der Waals surface area (Å²) in [7, 11) is 0. The van der Waals surface area contributed by atoms with Crippen LogP contribution >= 0.6 is 23.2 Å². The Balaban J connectivity index is 1.91. The summed E-state index contributed by atoms with van der Waals surface area (Å²) in [6.07, 6.45) is 1.07. The quantitative estimate of drug-likeness (QED) is 0.784. The van der Waals surface area contributed by atoms with E-state index < -0.39 is 0 Å². The van der Waals surface area contributed by atoms with Gasteiger partial charge in [-0.15, -0.1) is 0 Å². The molecule has 0 saturated heterocycles. The van der Waals surface area contributed by atoms with Gasteiger partial charge in [0.05, 0.1) is 10.0 Å². The third-order valence-electron chi connectivity index (χ3n) is 3.73. The van der Waals surface area contributed by atoms with Crippen molar-refractivity contribution in [1.82, 2.24) is 5.32 Å². The third kappa shape index (κ3) is 3.57. The van der Waals surface area contributed by atoms with Crippen LogP contribution in [-0.2, 0) is 0 Å². The van der Waals surface area contributed by atoms with Gasteiger partial charge in [0.15, 0.2) is 11.5 Å². The van der Waals surface area contributed by atoms with Gasteiger partial charge >= 0.3 is 0 Å². The number of fused-ring (bicyclic) bond motifs is 1. The van der Waals surface area contributed by atoms with E-state index in [1.54, 1.807) is 6.07 Å². The van der Waals surface area contributed by atoms with E-state index in [0.29, 0.717) is 16.7 Å². The first-order valence-corrected chi connectivity index (χ1v) is 8.54. The smallest absolute Gasteiger partial charge is 0.169 e. The summed E-state index contributed by atoms with van der Waals surface area (Å²) in [4.78, 5) is 0. The van der Waals surface area contributed by atoms with E-state index >= 15 is 0 Å². The van der Waals surface area contributed by atoms with Crippen LogP contribution in [-0.4, -0.2) is 25.8 Å². The van der Waals surface area contributed by atoms with Crippen molar-refractivity contribution in [3.8, 4) is 22.6 Å². The second-order valence-corrected chi connectivity index (χ2v) is 6.27. The number of para-hydroxylation sites is 1. The van der Waals surface area contributed by atoms with Gasteiger partial charge in [-0.2, -0.15) is 0 Å². The Morgan fingerprint density at radius 1 is 1.13 bits per heavy atom. The molecule has 0 radical (unpaired) electrons. The maximum atomic E-state index is 6.37. The van der Waals surface area contributed by atoms with Crippen LogP contribution in [0.2, 0.25) is 10.0 Å². The summed E-state index contributed by atoms with van der Waals surface area (Å²) in [5, 5.41) is 4.42. The molecule has 1 aliphatic heterocycles. The molecule has 1 unspecified atom stereocenters. The zero-order valence-corrected chi connectivity index (χ0v) is 14.5. The molecule has 0 spiro atoms. The van der Waals surface area contributed by atoms with Crippen molar-refractivity contribution >= 4 is 23.2 Å². The highest BCUT2D eigenvalue weighted by Gasteiger charge is 2.24. The van der Waals surface area contributed by atoms with Crippen LogP contribution < -0.4 is 14.8 Å². The molecule has 0 saturated carbocycles. The number of ether oxygens (including phenoxy) is 2. The second kappa shape index (κ2) is 7.43. The molecule has 2 aromatic carbocycles. The minimum absolute atomic E-state index is 0.0202. The van der Waals surface area contributed by atoms with E-state index in [2.05, 4.69) is 12.2 Å². The predicted molar refractivity (Wildman–Crippen MR) is 95.0 cm³/mol. The van der Waals surface area contributed by atoms with Crippen LogP contribution in [0.4, 0.5) is 0 Å². The van der Waals surface area contributed by atoms with E-state index in [1.165, 1.54) is 0 Å². The predicted octanol–water partition coefficient (Wildman–Crippen LogP) is 4.80. The van der Waals surface area contributed by atoms with Gasteiger partial charge in [-0.25, -0.2) is 0 Å². The summed E-state index contributed by atoms with van der Waals surface area (Å²) in [6, 6.07) is 11.4. The van der Waals surface area contributed by atoms with E-state index in [0.717, 1.165) is 42.1 Å². The van der Waals surface area contributed by atoms with Crippen molar-refractivity contribution in [3.63, 3.8) is 0 Å². The summed E-state index contributed by atoms with van der Waals surface area (Å²) in [5.41, 5.74) is 1.75. The second-order valence-electron chi connectivity index (χ2n) is 5.49. The van der Waals surface area contributed by atoms with Gasteiger partial charge in [0.2, 0.25) is 0 Å². The van der Waals surface area contributed by atoms with Crippen molar-refractivity contribution in [2.45, 2.75) is 19.4 Å². The van der Waals surface area contributed by atoms with Gasteiger partial charge in [-0.05, 0) is 25.1 Å². The first-order valence-electron chi connectivity index (χ1n) is 7.78. The molecule has 3 nitrogen and oxygen atoms in total. The Morgan fingerprint density at radius 3 is 2.74 bits per heavy atom. The SMILES string of the molecule is CCCNCC1COc2cccc(-c3cccc(Cl)c3Cl)c2O1. The minimum atomic E-state index is -0.0202. The number of halogens is 2. The molecule has 0 fully saturated rings. The summed E-state index contributed by atoms with van der Waals surface area (Å²) >= 11 is 12.5. The zero-order chi connectivity index (χ0) is 16.2. The molecule has 1 aliphatic rings. The normalized spacial score (nSPS) is 16.4. The summed E-state index contributed by atoms with van der Waals surface area (Å²) in [6.45, 7) is 4.40. The van der Waals surface area contributed by atoms with Crippen LogP contribution in [0.1, 0.15) is 13.3 Å². The standard InChI is InChI=1S/C18H19Cl2NO2/c1-2-9-21-10-12-11-22-16-8-4-6-14(18(16)23-12)13-5-3-7-15(19)17(13)20/h3-8,12,21H,2,9-11H2,1H3. The van der Waals surface area contributed by atoms with Gasteiger partial charge in [0, 0.05) is 17.7 Å². The fourth-order valence-corrected chi connectivity index (χ4v) is 3.00. The van der Waals surface area contributed by atoms with Crippen LogP contribution in [0.5, 0.6) is 11.5 Å². The lowest BCUT2D eigenvalue weighted by atomic mass is 10.0. The maximum absolute atomic E-state index is 6.37. The van der Waals surface area contributed by atoms with Gasteiger partial charge < -0.3 is 14.8 Å². The minimum Gasteiger partial charge on any atom is -0.486 e. The molecule has 1 atom stereocenters. The Morgan fingerprint density at radius 2 is 1.91 bits per heavy atom. The van der Waals surface area contributed by atoms with Gasteiger partial charge in [0.25, 0.3) is 0 Å². The highest BCUT2D eigenvalue weighted by molar-refractivity contribution is 6.43. The molecule has 1 heterocycles. The monoisotopic (exact) mass is 351 g/mol. The molecule has 5 heteroatoms. The van der Waals surface area contributed by atoms with Crippen molar-refractivity contribution in [2.24, 2.45) is 0 Å². The van der Waals surface area contributed by atoms with Crippen LogP contribution in [0.15, 0.2) is 36.4 Å². The van der Waals surface area contributed by atoms with Gasteiger partial charge in [-0.1, -0.05) is 54.4 Å². The highest BCUT2D eigenvalue weighted by Crippen LogP contribution is 2.44. The molecule has 0 amide bonds. The number of hydrogen-bond acceptors (Lipinski definition) is 3. The van der Waals surface area contributed by atoms with Crippen molar-refractivity contribution in [3.05, 3.63) is 46.4 Å². The summed E-state index contributed by atoms with van der Waals surface area (Å²) in [5.74, 6) is 1.47. The number of hydrogen-bond donors (Lipinski definition) is 1. The van der Waals surface area contributed by atoms with Crippen molar-refractivity contribution in [2.75, 3.05) is 19.7 Å². The number of nitrogens with one attached hydrogen (secondary N) is 1. The molecule has 2 aromatic rings.